The van der Waals surface area contributed by atoms with Crippen molar-refractivity contribution in [3.05, 3.63) is 101 Å². The largest absolute Gasteiger partial charge is 0.482 e. The minimum Gasteiger partial charge on any atom is -0.482 e. The van der Waals surface area contributed by atoms with E-state index in [2.05, 4.69) is 29.6 Å². The smallest absolute Gasteiger partial charge is 0.257 e. The molecule has 3 nitrogen and oxygen atoms in total. The zero-order chi connectivity index (χ0) is 19.8. The maximum atomic E-state index is 12.2. The first-order valence-electron chi connectivity index (χ1n) is 9.39. The van der Waals surface area contributed by atoms with Gasteiger partial charge >= 0.3 is 0 Å². The molecule has 0 unspecified atom stereocenters. The summed E-state index contributed by atoms with van der Waals surface area (Å²) in [4.78, 5) is 12.2. The van der Waals surface area contributed by atoms with Crippen molar-refractivity contribution in [1.29, 1.82) is 0 Å². The summed E-state index contributed by atoms with van der Waals surface area (Å²) in [5.41, 5.74) is 3.52. The minimum absolute atomic E-state index is 0.0511. The number of hydrogen-bond donors (Lipinski definition) is 1. The van der Waals surface area contributed by atoms with E-state index >= 15 is 0 Å². The van der Waals surface area contributed by atoms with E-state index in [4.69, 9.17) is 16.3 Å². The lowest BCUT2D eigenvalue weighted by atomic mass is 9.88. The number of carbonyl (C=O) groups is 1. The lowest BCUT2D eigenvalue weighted by Crippen LogP contribution is -2.30. The summed E-state index contributed by atoms with van der Waals surface area (Å²) >= 11 is 6.10. The van der Waals surface area contributed by atoms with E-state index in [0.717, 1.165) is 12.0 Å². The number of aryl methyl sites for hydroxylation is 1. The van der Waals surface area contributed by atoms with Crippen LogP contribution in [-0.2, 0) is 4.79 Å². The minimum atomic E-state index is -0.155. The molecule has 0 spiro atoms. The van der Waals surface area contributed by atoms with Gasteiger partial charge in [0.1, 0.15) is 5.75 Å². The summed E-state index contributed by atoms with van der Waals surface area (Å²) in [5, 5.41) is 3.46. The normalized spacial score (nSPS) is 10.7. The van der Waals surface area contributed by atoms with Gasteiger partial charge in [-0.05, 0) is 42.2 Å². The monoisotopic (exact) mass is 393 g/mol. The van der Waals surface area contributed by atoms with Crippen LogP contribution >= 0.6 is 11.6 Å². The second-order valence-corrected chi connectivity index (χ2v) is 7.14. The molecule has 3 aromatic rings. The summed E-state index contributed by atoms with van der Waals surface area (Å²) in [6.07, 6.45) is 0.810. The molecule has 1 N–H and O–H groups in total. The highest BCUT2D eigenvalue weighted by atomic mass is 35.5. The summed E-state index contributed by atoms with van der Waals surface area (Å²) in [6.45, 7) is 2.47. The zero-order valence-corrected chi connectivity index (χ0v) is 16.7. The number of amides is 1. The van der Waals surface area contributed by atoms with Crippen LogP contribution in [0, 0.1) is 6.92 Å². The number of hydrogen-bond acceptors (Lipinski definition) is 2. The Morgan fingerprint density at radius 3 is 2.18 bits per heavy atom. The van der Waals surface area contributed by atoms with E-state index in [1.165, 1.54) is 11.1 Å². The molecule has 0 saturated heterocycles. The highest BCUT2D eigenvalue weighted by Gasteiger charge is 2.14. The molecule has 0 atom stereocenters. The van der Waals surface area contributed by atoms with E-state index < -0.39 is 0 Å². The summed E-state index contributed by atoms with van der Waals surface area (Å²) in [5.74, 6) is 0.607. The molecule has 0 fully saturated rings. The van der Waals surface area contributed by atoms with Crippen LogP contribution in [0.1, 0.15) is 29.0 Å². The van der Waals surface area contributed by atoms with Gasteiger partial charge in [-0.25, -0.2) is 0 Å². The topological polar surface area (TPSA) is 38.3 Å². The molecule has 4 heteroatoms. The lowest BCUT2D eigenvalue weighted by Gasteiger charge is -2.18. The Morgan fingerprint density at radius 2 is 1.57 bits per heavy atom. The molecule has 3 aromatic carbocycles. The van der Waals surface area contributed by atoms with Gasteiger partial charge in [0.2, 0.25) is 0 Å². The van der Waals surface area contributed by atoms with Gasteiger partial charge in [0.05, 0.1) is 5.02 Å². The van der Waals surface area contributed by atoms with E-state index in [-0.39, 0.29) is 18.4 Å². The van der Waals surface area contributed by atoms with Crippen molar-refractivity contribution in [2.45, 2.75) is 19.3 Å². The highest BCUT2D eigenvalue weighted by Crippen LogP contribution is 2.27. The van der Waals surface area contributed by atoms with Crippen LogP contribution < -0.4 is 10.1 Å². The first-order valence-corrected chi connectivity index (χ1v) is 9.77. The van der Waals surface area contributed by atoms with E-state index in [0.29, 0.717) is 17.3 Å². The van der Waals surface area contributed by atoms with Crippen LogP contribution in [0.4, 0.5) is 0 Å². The first-order chi connectivity index (χ1) is 13.6. The van der Waals surface area contributed by atoms with Crippen molar-refractivity contribution in [1.82, 2.24) is 5.32 Å². The Kier molecular flexibility index (Phi) is 7.10. The van der Waals surface area contributed by atoms with Gasteiger partial charge in [-0.1, -0.05) is 78.3 Å². The molecule has 3 rings (SSSR count). The SMILES string of the molecule is Cc1ccc(Cl)c(OCC(=O)NCCC(c2ccccc2)c2ccccc2)c1. The molecule has 0 heterocycles. The van der Waals surface area contributed by atoms with Crippen molar-refractivity contribution >= 4 is 17.5 Å². The Balaban J connectivity index is 1.55. The number of rotatable bonds is 8. The maximum Gasteiger partial charge on any atom is 0.257 e. The van der Waals surface area contributed by atoms with Gasteiger partial charge in [0, 0.05) is 12.5 Å². The molecule has 0 radical (unpaired) electrons. The third kappa shape index (κ3) is 5.61. The van der Waals surface area contributed by atoms with Crippen LogP contribution in [0.25, 0.3) is 0 Å². The van der Waals surface area contributed by atoms with E-state index in [1.807, 2.05) is 55.5 Å². The maximum absolute atomic E-state index is 12.2. The molecular weight excluding hydrogens is 370 g/mol. The summed E-state index contributed by atoms with van der Waals surface area (Å²) in [6, 6.07) is 26.2. The number of carbonyl (C=O) groups excluding carboxylic acids is 1. The third-order valence-corrected chi connectivity index (χ3v) is 4.92. The number of ether oxygens (including phenoxy) is 1. The summed E-state index contributed by atoms with van der Waals surface area (Å²) < 4.78 is 5.56. The average Bonchev–Trinajstić information content (AvgIpc) is 2.73. The van der Waals surface area contributed by atoms with Crippen molar-refractivity contribution in [3.63, 3.8) is 0 Å². The lowest BCUT2D eigenvalue weighted by molar-refractivity contribution is -0.123. The zero-order valence-electron chi connectivity index (χ0n) is 15.9. The molecule has 0 bridgehead atoms. The van der Waals surface area contributed by atoms with Crippen molar-refractivity contribution in [2.75, 3.05) is 13.2 Å². The number of halogens is 1. The molecule has 0 aromatic heterocycles. The van der Waals surface area contributed by atoms with Crippen LogP contribution in [-0.4, -0.2) is 19.1 Å². The molecule has 0 aliphatic rings. The fourth-order valence-electron chi connectivity index (χ4n) is 3.17. The molecule has 0 aliphatic carbocycles. The van der Waals surface area contributed by atoms with Crippen molar-refractivity contribution < 1.29 is 9.53 Å². The Labute approximate surface area is 171 Å². The molecule has 1 amide bonds. The Hall–Kier alpha value is -2.78. The first kappa shape index (κ1) is 20.0. The van der Waals surface area contributed by atoms with Crippen LogP contribution in [0.2, 0.25) is 5.02 Å². The third-order valence-electron chi connectivity index (χ3n) is 4.60. The quantitative estimate of drug-likeness (QED) is 0.559. The summed E-state index contributed by atoms with van der Waals surface area (Å²) in [7, 11) is 0. The van der Waals surface area contributed by atoms with E-state index in [1.54, 1.807) is 6.07 Å². The Morgan fingerprint density at radius 1 is 0.964 bits per heavy atom. The predicted octanol–water partition coefficient (Wildman–Crippen LogP) is 5.37. The molecule has 0 aliphatic heterocycles. The standard InChI is InChI=1S/C24H24ClNO2/c1-18-12-13-22(25)23(16-18)28-17-24(27)26-15-14-21(19-8-4-2-5-9-19)20-10-6-3-7-11-20/h2-13,16,21H,14-15,17H2,1H3,(H,26,27). The number of nitrogens with one attached hydrogen (secondary N) is 1. The molecule has 144 valence electrons. The van der Waals surface area contributed by atoms with Crippen LogP contribution in [0.3, 0.4) is 0 Å². The molecular formula is C24H24ClNO2. The van der Waals surface area contributed by atoms with Gasteiger partial charge in [0.15, 0.2) is 6.61 Å². The fraction of sp³-hybridized carbons (Fsp3) is 0.208. The number of benzene rings is 3. The van der Waals surface area contributed by atoms with Gasteiger partial charge in [-0.3, -0.25) is 4.79 Å². The van der Waals surface area contributed by atoms with Gasteiger partial charge in [-0.2, -0.15) is 0 Å². The van der Waals surface area contributed by atoms with E-state index in [9.17, 15) is 4.79 Å². The molecule has 28 heavy (non-hydrogen) atoms. The average molecular weight is 394 g/mol. The second-order valence-electron chi connectivity index (χ2n) is 6.74. The van der Waals surface area contributed by atoms with Gasteiger partial charge < -0.3 is 10.1 Å². The predicted molar refractivity (Wildman–Crippen MR) is 114 cm³/mol. The molecule has 0 saturated carbocycles. The second kappa shape index (κ2) is 9.95. The van der Waals surface area contributed by atoms with Crippen LogP contribution in [0.5, 0.6) is 5.75 Å². The van der Waals surface area contributed by atoms with Gasteiger partial charge in [-0.15, -0.1) is 0 Å². The fourth-order valence-corrected chi connectivity index (χ4v) is 3.34. The highest BCUT2D eigenvalue weighted by molar-refractivity contribution is 6.32. The van der Waals surface area contributed by atoms with Crippen molar-refractivity contribution in [2.24, 2.45) is 0 Å². The van der Waals surface area contributed by atoms with Crippen LogP contribution in [0.15, 0.2) is 78.9 Å². The van der Waals surface area contributed by atoms with Crippen molar-refractivity contribution in [3.8, 4) is 5.75 Å². The van der Waals surface area contributed by atoms with Gasteiger partial charge in [0.25, 0.3) is 5.91 Å². The Bertz CT molecular complexity index is 857.